The van der Waals surface area contributed by atoms with E-state index in [2.05, 4.69) is 5.32 Å². The highest BCUT2D eigenvalue weighted by Crippen LogP contribution is 2.26. The van der Waals surface area contributed by atoms with E-state index >= 15 is 0 Å². The fourth-order valence-electron chi connectivity index (χ4n) is 3.23. The Morgan fingerprint density at radius 1 is 1.24 bits per heavy atom. The lowest BCUT2D eigenvalue weighted by Gasteiger charge is -2.21. The molecule has 3 unspecified atom stereocenters. The van der Waals surface area contributed by atoms with E-state index < -0.39 is 6.04 Å². The van der Waals surface area contributed by atoms with Crippen molar-refractivity contribution in [1.82, 2.24) is 5.32 Å². The molecule has 1 aliphatic heterocycles. The highest BCUT2D eigenvalue weighted by molar-refractivity contribution is 6.01. The van der Waals surface area contributed by atoms with Gasteiger partial charge in [-0.25, -0.2) is 0 Å². The van der Waals surface area contributed by atoms with Crippen LogP contribution in [0.15, 0.2) is 30.3 Å². The van der Waals surface area contributed by atoms with Crippen LogP contribution in [-0.4, -0.2) is 29.7 Å². The van der Waals surface area contributed by atoms with Crippen molar-refractivity contribution in [2.75, 3.05) is 4.90 Å². The molecule has 1 N–H and O–H groups in total. The zero-order valence-corrected chi connectivity index (χ0v) is 15.3. The van der Waals surface area contributed by atoms with Gasteiger partial charge in [0.2, 0.25) is 11.8 Å². The maximum absolute atomic E-state index is 12.6. The van der Waals surface area contributed by atoms with Crippen LogP contribution in [-0.2, 0) is 14.4 Å². The van der Waals surface area contributed by atoms with Gasteiger partial charge in [-0.05, 0) is 45.2 Å². The first-order valence-electron chi connectivity index (χ1n) is 9.08. The van der Waals surface area contributed by atoms with Crippen LogP contribution in [0.1, 0.15) is 52.9 Å². The van der Waals surface area contributed by atoms with E-state index in [0.29, 0.717) is 12.8 Å². The molecule has 1 aromatic carbocycles. The highest BCUT2D eigenvalue weighted by atomic mass is 16.2. The van der Waals surface area contributed by atoms with E-state index in [1.807, 2.05) is 44.2 Å². The van der Waals surface area contributed by atoms with Gasteiger partial charge in [0.25, 0.3) is 0 Å². The minimum Gasteiger partial charge on any atom is -0.344 e. The summed E-state index contributed by atoms with van der Waals surface area (Å²) in [5.74, 6) is 0.115. The molecule has 0 radical (unpaired) electrons. The zero-order chi connectivity index (χ0) is 18.4. The molecule has 0 aliphatic carbocycles. The largest absolute Gasteiger partial charge is 0.344 e. The van der Waals surface area contributed by atoms with E-state index in [4.69, 9.17) is 0 Å². The lowest BCUT2D eigenvalue weighted by molar-refractivity contribution is -0.126. The van der Waals surface area contributed by atoms with Gasteiger partial charge in [-0.1, -0.05) is 31.5 Å². The van der Waals surface area contributed by atoms with E-state index in [-0.39, 0.29) is 29.6 Å². The van der Waals surface area contributed by atoms with Gasteiger partial charge in [-0.15, -0.1) is 0 Å². The molecule has 0 saturated carbocycles. The minimum absolute atomic E-state index is 0.0442. The summed E-state index contributed by atoms with van der Waals surface area (Å²) in [7, 11) is 0. The monoisotopic (exact) mass is 344 g/mol. The highest BCUT2D eigenvalue weighted by Gasteiger charge is 2.38. The van der Waals surface area contributed by atoms with Crippen LogP contribution in [0.25, 0.3) is 0 Å². The Hall–Kier alpha value is -2.17. The van der Waals surface area contributed by atoms with Gasteiger partial charge in [-0.2, -0.15) is 0 Å². The number of hydrogen-bond donors (Lipinski definition) is 1. The Kier molecular flexibility index (Phi) is 6.73. The number of ketones is 1. The number of carbonyl (C=O) groups excluding carboxylic acids is 3. The quantitative estimate of drug-likeness (QED) is 0.737. The Bertz CT molecular complexity index is 615. The normalized spacial score (nSPS) is 21.2. The number of benzene rings is 1. The van der Waals surface area contributed by atoms with E-state index in [9.17, 15) is 14.4 Å². The number of hydrogen-bond acceptors (Lipinski definition) is 3. The molecule has 136 valence electrons. The number of para-hydroxylation sites is 1. The molecule has 2 rings (SSSR count). The van der Waals surface area contributed by atoms with Crippen LogP contribution >= 0.6 is 0 Å². The zero-order valence-electron chi connectivity index (χ0n) is 15.3. The summed E-state index contributed by atoms with van der Waals surface area (Å²) in [6.45, 7) is 5.52. The third-order valence-corrected chi connectivity index (χ3v) is 4.91. The van der Waals surface area contributed by atoms with E-state index in [1.54, 1.807) is 11.8 Å². The lowest BCUT2D eigenvalue weighted by atomic mass is 10.00. The molecular formula is C20H28N2O3. The molecule has 1 saturated heterocycles. The minimum atomic E-state index is -0.446. The standard InChI is InChI=1S/C20H28N2O3/c1-14(16(3)23)9-7-8-12-19(24)21-18-13-15(2)22(20(18)25)17-10-5-4-6-11-17/h4-6,10-11,14-15,18H,7-9,12-13H2,1-3H3,(H,21,24). The van der Waals surface area contributed by atoms with Gasteiger partial charge in [0, 0.05) is 24.1 Å². The Morgan fingerprint density at radius 2 is 1.92 bits per heavy atom. The predicted octanol–water partition coefficient (Wildman–Crippen LogP) is 3.08. The molecule has 2 amide bonds. The summed E-state index contributed by atoms with van der Waals surface area (Å²) >= 11 is 0. The van der Waals surface area contributed by atoms with Crippen LogP contribution in [0, 0.1) is 5.92 Å². The number of carbonyl (C=O) groups is 3. The molecule has 25 heavy (non-hydrogen) atoms. The van der Waals surface area contributed by atoms with Crippen LogP contribution < -0.4 is 10.2 Å². The Balaban J connectivity index is 1.80. The number of nitrogens with zero attached hydrogens (tertiary/aromatic N) is 1. The fraction of sp³-hybridized carbons (Fsp3) is 0.550. The molecule has 1 heterocycles. The number of amides is 2. The van der Waals surface area contributed by atoms with Crippen molar-refractivity contribution in [1.29, 1.82) is 0 Å². The van der Waals surface area contributed by atoms with Gasteiger partial charge in [0.1, 0.15) is 11.8 Å². The fourth-order valence-corrected chi connectivity index (χ4v) is 3.23. The maximum Gasteiger partial charge on any atom is 0.249 e. The average Bonchev–Trinajstić information content (AvgIpc) is 2.85. The van der Waals surface area contributed by atoms with E-state index in [0.717, 1.165) is 24.9 Å². The second-order valence-electron chi connectivity index (χ2n) is 7.01. The van der Waals surface area contributed by atoms with Gasteiger partial charge < -0.3 is 10.2 Å². The van der Waals surface area contributed by atoms with Crippen molar-refractivity contribution < 1.29 is 14.4 Å². The Labute approximate surface area is 149 Å². The smallest absolute Gasteiger partial charge is 0.249 e. The molecular weight excluding hydrogens is 316 g/mol. The summed E-state index contributed by atoms with van der Waals surface area (Å²) < 4.78 is 0. The van der Waals surface area contributed by atoms with Gasteiger partial charge in [0.15, 0.2) is 0 Å². The molecule has 1 aromatic rings. The molecule has 0 spiro atoms. The van der Waals surface area contributed by atoms with Crippen LogP contribution in [0.2, 0.25) is 0 Å². The molecule has 0 bridgehead atoms. The van der Waals surface area contributed by atoms with Crippen LogP contribution in [0.4, 0.5) is 5.69 Å². The number of unbranched alkanes of at least 4 members (excludes halogenated alkanes) is 1. The molecule has 1 fully saturated rings. The van der Waals surface area contributed by atoms with Gasteiger partial charge >= 0.3 is 0 Å². The maximum atomic E-state index is 12.6. The van der Waals surface area contributed by atoms with E-state index in [1.165, 1.54) is 0 Å². The molecule has 5 nitrogen and oxygen atoms in total. The SMILES string of the molecule is CC(=O)C(C)CCCCC(=O)NC1CC(C)N(c2ccccc2)C1=O. The Morgan fingerprint density at radius 3 is 2.56 bits per heavy atom. The number of rotatable bonds is 8. The molecule has 0 aromatic heterocycles. The van der Waals surface area contributed by atoms with Gasteiger partial charge in [-0.3, -0.25) is 14.4 Å². The lowest BCUT2D eigenvalue weighted by Crippen LogP contribution is -2.41. The third kappa shape index (κ3) is 5.15. The molecule has 1 aliphatic rings. The van der Waals surface area contributed by atoms with Crippen molar-refractivity contribution in [3.63, 3.8) is 0 Å². The van der Waals surface area contributed by atoms with Crippen molar-refractivity contribution >= 4 is 23.3 Å². The topological polar surface area (TPSA) is 66.5 Å². The second kappa shape index (κ2) is 8.79. The van der Waals surface area contributed by atoms with Crippen molar-refractivity contribution in [3.8, 4) is 0 Å². The van der Waals surface area contributed by atoms with Gasteiger partial charge in [0.05, 0.1) is 0 Å². The number of anilines is 1. The summed E-state index contributed by atoms with van der Waals surface area (Å²) in [5.41, 5.74) is 0.870. The van der Waals surface area contributed by atoms with Crippen molar-refractivity contribution in [2.45, 2.75) is 65.0 Å². The third-order valence-electron chi connectivity index (χ3n) is 4.91. The second-order valence-corrected chi connectivity index (χ2v) is 7.01. The average molecular weight is 344 g/mol. The first kappa shape index (κ1) is 19.2. The predicted molar refractivity (Wildman–Crippen MR) is 98.3 cm³/mol. The van der Waals surface area contributed by atoms with Crippen molar-refractivity contribution in [2.24, 2.45) is 5.92 Å². The first-order chi connectivity index (χ1) is 11.9. The molecule has 5 heteroatoms. The first-order valence-corrected chi connectivity index (χ1v) is 9.08. The molecule has 3 atom stereocenters. The summed E-state index contributed by atoms with van der Waals surface area (Å²) in [5, 5.41) is 2.87. The summed E-state index contributed by atoms with van der Waals surface area (Å²) in [4.78, 5) is 37.7. The van der Waals surface area contributed by atoms with Crippen molar-refractivity contribution in [3.05, 3.63) is 30.3 Å². The summed E-state index contributed by atoms with van der Waals surface area (Å²) in [6.07, 6.45) is 3.42. The number of nitrogens with one attached hydrogen (secondary N) is 1. The summed E-state index contributed by atoms with van der Waals surface area (Å²) in [6, 6.07) is 9.17. The number of Topliss-reactive ketones (excluding diaryl/α,β-unsaturated/α-hetero) is 1. The van der Waals surface area contributed by atoms with Crippen LogP contribution in [0.5, 0.6) is 0 Å². The van der Waals surface area contributed by atoms with Crippen LogP contribution in [0.3, 0.4) is 0 Å².